The molecular weight excluding hydrogens is 410 g/mol. The van der Waals surface area contributed by atoms with Gasteiger partial charge in [0.05, 0.1) is 18.0 Å². The molecule has 174 valence electrons. The van der Waals surface area contributed by atoms with Crippen LogP contribution in [0.5, 0.6) is 0 Å². The number of carbonyl (C=O) groups is 2. The van der Waals surface area contributed by atoms with Gasteiger partial charge in [-0.2, -0.15) is 0 Å². The Labute approximate surface area is 196 Å². The summed E-state index contributed by atoms with van der Waals surface area (Å²) >= 11 is 0. The van der Waals surface area contributed by atoms with E-state index in [1.807, 2.05) is 13.8 Å². The molecule has 2 heterocycles. The maximum atomic E-state index is 14.0. The van der Waals surface area contributed by atoms with Gasteiger partial charge in [-0.15, -0.1) is 0 Å². The van der Waals surface area contributed by atoms with E-state index < -0.39 is 0 Å². The Morgan fingerprint density at radius 3 is 2.48 bits per heavy atom. The second-order valence-corrected chi connectivity index (χ2v) is 10.2. The summed E-state index contributed by atoms with van der Waals surface area (Å²) < 4.78 is 0. The summed E-state index contributed by atoms with van der Waals surface area (Å²) in [7, 11) is 0. The number of rotatable bonds is 4. The molecule has 1 aliphatic carbocycles. The molecule has 1 saturated carbocycles. The zero-order chi connectivity index (χ0) is 22.9. The van der Waals surface area contributed by atoms with E-state index in [9.17, 15) is 9.59 Å². The van der Waals surface area contributed by atoms with Gasteiger partial charge in [-0.25, -0.2) is 0 Å². The topological polar surface area (TPSA) is 61.4 Å². The summed E-state index contributed by atoms with van der Waals surface area (Å²) in [5.74, 6) is 0.410. The van der Waals surface area contributed by atoms with Gasteiger partial charge in [-0.3, -0.25) is 9.59 Å². The van der Waals surface area contributed by atoms with E-state index in [-0.39, 0.29) is 41.8 Å². The first-order valence-corrected chi connectivity index (χ1v) is 12.6. The van der Waals surface area contributed by atoms with Gasteiger partial charge in [-0.1, -0.05) is 75.2 Å². The van der Waals surface area contributed by atoms with Gasteiger partial charge >= 0.3 is 0 Å². The molecular formula is C28H35N3O2. The standard InChI is InChI=1S/C28H35N3O2/c1-18(2)27(32)30-24-15-9-7-13-21(24)28(33)31-17-16-22-25(19-10-4-3-5-11-19)29-23-14-8-6-12-20(23)26(22)31/h3-6,8,10-12,14,18,21-22,24-26,29H,7,9,13,15-17H2,1-2H3,(H,30,32)/t21-,22-,24+,25-,26-/m0/s1. The van der Waals surface area contributed by atoms with E-state index in [0.29, 0.717) is 5.92 Å². The molecule has 0 bridgehead atoms. The largest absolute Gasteiger partial charge is 0.378 e. The maximum absolute atomic E-state index is 14.0. The molecule has 5 nitrogen and oxygen atoms in total. The van der Waals surface area contributed by atoms with Crippen molar-refractivity contribution in [3.63, 3.8) is 0 Å². The Kier molecular flexibility index (Phi) is 6.13. The molecule has 33 heavy (non-hydrogen) atoms. The summed E-state index contributed by atoms with van der Waals surface area (Å²) in [5, 5.41) is 6.98. The third kappa shape index (κ3) is 4.14. The van der Waals surface area contributed by atoms with Gasteiger partial charge in [0.2, 0.25) is 11.8 Å². The zero-order valence-corrected chi connectivity index (χ0v) is 19.7. The van der Waals surface area contributed by atoms with E-state index in [2.05, 4.69) is 70.1 Å². The molecule has 2 fully saturated rings. The lowest BCUT2D eigenvalue weighted by Crippen LogP contribution is -2.50. The minimum atomic E-state index is -0.127. The fraction of sp³-hybridized carbons (Fsp3) is 0.500. The minimum absolute atomic E-state index is 0.0513. The van der Waals surface area contributed by atoms with E-state index in [1.54, 1.807) is 0 Å². The fourth-order valence-electron chi connectivity index (χ4n) is 6.12. The van der Waals surface area contributed by atoms with Crippen molar-refractivity contribution in [2.24, 2.45) is 17.8 Å². The number of hydrogen-bond acceptors (Lipinski definition) is 3. The summed E-state index contributed by atoms with van der Waals surface area (Å²) in [6.07, 6.45) is 4.85. The van der Waals surface area contributed by atoms with Crippen LogP contribution in [-0.2, 0) is 9.59 Å². The van der Waals surface area contributed by atoms with E-state index in [1.165, 1.54) is 11.1 Å². The number of fused-ring (bicyclic) bond motifs is 3. The first kappa shape index (κ1) is 22.0. The highest BCUT2D eigenvalue weighted by molar-refractivity contribution is 5.83. The number of carbonyl (C=O) groups excluding carboxylic acids is 2. The molecule has 5 rings (SSSR count). The van der Waals surface area contributed by atoms with Crippen molar-refractivity contribution in [3.05, 3.63) is 65.7 Å². The Morgan fingerprint density at radius 1 is 0.970 bits per heavy atom. The highest BCUT2D eigenvalue weighted by atomic mass is 16.2. The van der Waals surface area contributed by atoms with Crippen LogP contribution in [0.3, 0.4) is 0 Å². The number of likely N-dealkylation sites (tertiary alicyclic amines) is 1. The SMILES string of the molecule is CC(C)C(=O)N[C@@H]1CCCC[C@@H]1C(=O)N1CC[C@H]2[C@H](c3ccccc3)Nc3ccccc3[C@@H]21. The number of anilines is 1. The van der Waals surface area contributed by atoms with Gasteiger partial charge in [0.1, 0.15) is 0 Å². The van der Waals surface area contributed by atoms with Crippen LogP contribution < -0.4 is 10.6 Å². The van der Waals surface area contributed by atoms with E-state index in [4.69, 9.17) is 0 Å². The van der Waals surface area contributed by atoms with Crippen molar-refractivity contribution in [1.29, 1.82) is 0 Å². The van der Waals surface area contributed by atoms with Crippen molar-refractivity contribution in [2.75, 3.05) is 11.9 Å². The molecule has 0 radical (unpaired) electrons. The summed E-state index contributed by atoms with van der Waals surface area (Å²) in [6, 6.07) is 19.3. The smallest absolute Gasteiger partial charge is 0.228 e. The van der Waals surface area contributed by atoms with Crippen LogP contribution in [0.4, 0.5) is 5.69 Å². The zero-order valence-electron chi connectivity index (χ0n) is 19.7. The molecule has 0 unspecified atom stereocenters. The van der Waals surface area contributed by atoms with Gasteiger partial charge in [0.15, 0.2) is 0 Å². The number of benzene rings is 2. The van der Waals surface area contributed by atoms with Gasteiger partial charge in [0, 0.05) is 30.1 Å². The molecule has 5 heteroatoms. The van der Waals surface area contributed by atoms with E-state index in [0.717, 1.165) is 44.3 Å². The quantitative estimate of drug-likeness (QED) is 0.690. The lowest BCUT2D eigenvalue weighted by Gasteiger charge is -2.42. The molecule has 0 spiro atoms. The van der Waals surface area contributed by atoms with E-state index >= 15 is 0 Å². The third-order valence-electron chi connectivity index (χ3n) is 7.84. The molecule has 3 aliphatic rings. The second-order valence-electron chi connectivity index (χ2n) is 10.2. The van der Waals surface area contributed by atoms with Crippen LogP contribution in [0.15, 0.2) is 54.6 Å². The van der Waals surface area contributed by atoms with Crippen LogP contribution in [0, 0.1) is 17.8 Å². The van der Waals surface area contributed by atoms with Crippen molar-refractivity contribution in [2.45, 2.75) is 64.1 Å². The number of hydrogen-bond donors (Lipinski definition) is 2. The van der Waals surface area contributed by atoms with Crippen LogP contribution in [0.25, 0.3) is 0 Å². The highest BCUT2D eigenvalue weighted by Gasteiger charge is 2.48. The Hall–Kier alpha value is -2.82. The molecule has 1 saturated heterocycles. The Balaban J connectivity index is 1.45. The van der Waals surface area contributed by atoms with Crippen molar-refractivity contribution < 1.29 is 9.59 Å². The Bertz CT molecular complexity index is 1010. The molecule has 2 aromatic rings. The minimum Gasteiger partial charge on any atom is -0.378 e. The molecule has 2 amide bonds. The second kappa shape index (κ2) is 9.20. The van der Waals surface area contributed by atoms with Crippen LogP contribution in [-0.4, -0.2) is 29.3 Å². The molecule has 2 N–H and O–H groups in total. The van der Waals surface area contributed by atoms with Crippen molar-refractivity contribution >= 4 is 17.5 Å². The fourth-order valence-corrected chi connectivity index (χ4v) is 6.12. The normalized spacial score (nSPS) is 28.6. The first-order chi connectivity index (χ1) is 16.0. The van der Waals surface area contributed by atoms with Crippen LogP contribution >= 0.6 is 0 Å². The number of nitrogens with one attached hydrogen (secondary N) is 2. The molecule has 2 aromatic carbocycles. The lowest BCUT2D eigenvalue weighted by molar-refractivity contribution is -0.139. The third-order valence-corrected chi connectivity index (χ3v) is 7.84. The monoisotopic (exact) mass is 445 g/mol. The average molecular weight is 446 g/mol. The highest BCUT2D eigenvalue weighted by Crippen LogP contribution is 2.51. The van der Waals surface area contributed by atoms with Gasteiger partial charge < -0.3 is 15.5 Å². The van der Waals surface area contributed by atoms with Crippen molar-refractivity contribution in [3.8, 4) is 0 Å². The van der Waals surface area contributed by atoms with Crippen molar-refractivity contribution in [1.82, 2.24) is 10.2 Å². The van der Waals surface area contributed by atoms with Crippen LogP contribution in [0.1, 0.15) is 69.2 Å². The number of amides is 2. The molecule has 5 atom stereocenters. The predicted molar refractivity (Wildman–Crippen MR) is 131 cm³/mol. The molecule has 2 aliphatic heterocycles. The number of para-hydroxylation sites is 1. The lowest BCUT2D eigenvalue weighted by atomic mass is 9.79. The van der Waals surface area contributed by atoms with Gasteiger partial charge in [-0.05, 0) is 36.5 Å². The molecule has 0 aromatic heterocycles. The summed E-state index contributed by atoms with van der Waals surface area (Å²) in [4.78, 5) is 28.6. The van der Waals surface area contributed by atoms with Gasteiger partial charge in [0.25, 0.3) is 0 Å². The van der Waals surface area contributed by atoms with Crippen LogP contribution in [0.2, 0.25) is 0 Å². The Morgan fingerprint density at radius 2 is 1.70 bits per heavy atom. The summed E-state index contributed by atoms with van der Waals surface area (Å²) in [6.45, 7) is 4.60. The number of nitrogens with zero attached hydrogens (tertiary/aromatic N) is 1. The average Bonchev–Trinajstić information content (AvgIpc) is 3.29. The predicted octanol–water partition coefficient (Wildman–Crippen LogP) is 5.07. The first-order valence-electron chi connectivity index (χ1n) is 12.6. The maximum Gasteiger partial charge on any atom is 0.228 e. The summed E-state index contributed by atoms with van der Waals surface area (Å²) in [5.41, 5.74) is 3.62.